The van der Waals surface area contributed by atoms with Crippen molar-refractivity contribution >= 4 is 33.7 Å². The van der Waals surface area contributed by atoms with Crippen LogP contribution in [0.1, 0.15) is 6.92 Å². The van der Waals surface area contributed by atoms with Gasteiger partial charge in [-0.05, 0) is 31.2 Å². The number of carbonyl (C=O) groups is 1. The van der Waals surface area contributed by atoms with Gasteiger partial charge in [0.2, 0.25) is 5.91 Å². The zero-order chi connectivity index (χ0) is 22.8. The summed E-state index contributed by atoms with van der Waals surface area (Å²) >= 11 is 0. The first-order valence-corrected chi connectivity index (χ1v) is 10.1. The number of fused-ring (bicyclic) bond motifs is 1. The van der Waals surface area contributed by atoms with Crippen LogP contribution in [0.25, 0.3) is 10.8 Å². The number of nitrogens with zero attached hydrogens (tertiary/aromatic N) is 4. The molecule has 0 radical (unpaired) electrons. The summed E-state index contributed by atoms with van der Waals surface area (Å²) < 4.78 is 27.7. The minimum absolute atomic E-state index is 0.00107. The maximum Gasteiger partial charge on any atom is 0.278 e. The van der Waals surface area contributed by atoms with Gasteiger partial charge in [0.15, 0.2) is 0 Å². The van der Waals surface area contributed by atoms with Gasteiger partial charge in [-0.2, -0.15) is 0 Å². The second-order valence-corrected chi connectivity index (χ2v) is 7.57. The molecule has 2 heterocycles. The fourth-order valence-electron chi connectivity index (χ4n) is 3.96. The molecule has 1 atom stereocenters. The van der Waals surface area contributed by atoms with Crippen LogP contribution in [0.5, 0.6) is 0 Å². The monoisotopic (exact) mass is 441 g/mol. The van der Waals surface area contributed by atoms with Gasteiger partial charge in [-0.1, -0.05) is 6.07 Å². The number of pyridine rings is 1. The van der Waals surface area contributed by atoms with Crippen LogP contribution in [0.15, 0.2) is 48.8 Å². The van der Waals surface area contributed by atoms with Crippen molar-refractivity contribution in [1.82, 2.24) is 9.88 Å². The Morgan fingerprint density at radius 2 is 1.78 bits per heavy atom. The number of non-ortho nitro benzene ring substituents is 1. The minimum Gasteiger partial charge on any atom is -0.368 e. The van der Waals surface area contributed by atoms with Crippen molar-refractivity contribution in [3.8, 4) is 0 Å². The number of aromatic nitrogens is 1. The Bertz CT molecular complexity index is 1160. The van der Waals surface area contributed by atoms with E-state index in [9.17, 15) is 23.7 Å². The Kier molecular flexibility index (Phi) is 5.95. The second-order valence-electron chi connectivity index (χ2n) is 7.57. The average Bonchev–Trinajstić information content (AvgIpc) is 2.80. The summed E-state index contributed by atoms with van der Waals surface area (Å²) in [7, 11) is 0. The van der Waals surface area contributed by atoms with Gasteiger partial charge in [0, 0.05) is 55.7 Å². The quantitative estimate of drug-likeness (QED) is 0.481. The molecule has 166 valence electrons. The van der Waals surface area contributed by atoms with Gasteiger partial charge in [-0.25, -0.2) is 8.78 Å². The van der Waals surface area contributed by atoms with Gasteiger partial charge in [0.05, 0.1) is 16.4 Å². The molecule has 1 saturated heterocycles. The Morgan fingerprint density at radius 3 is 2.44 bits per heavy atom. The number of benzene rings is 2. The molecule has 1 aromatic heterocycles. The third-order valence-corrected chi connectivity index (χ3v) is 5.76. The van der Waals surface area contributed by atoms with E-state index in [1.165, 1.54) is 18.3 Å². The first kappa shape index (κ1) is 21.6. The Hall–Kier alpha value is -3.66. The van der Waals surface area contributed by atoms with Crippen LogP contribution in [0.2, 0.25) is 0 Å². The summed E-state index contributed by atoms with van der Waals surface area (Å²) in [6.45, 7) is 3.94. The molecule has 8 nitrogen and oxygen atoms in total. The molecule has 1 amide bonds. The van der Waals surface area contributed by atoms with E-state index in [-0.39, 0.29) is 5.69 Å². The van der Waals surface area contributed by atoms with Crippen LogP contribution in [-0.4, -0.2) is 52.9 Å². The zero-order valence-electron chi connectivity index (χ0n) is 17.3. The molecular formula is C22H21F2N5O3. The first-order valence-electron chi connectivity index (χ1n) is 10.1. The SMILES string of the molecule is CC(C(=O)Nc1c(F)cccc1F)N1CCN(c2ccc([N+](=O)[O-])c3cnccc23)CC1. The number of para-hydroxylation sites is 1. The molecule has 1 N–H and O–H groups in total. The first-order chi connectivity index (χ1) is 15.4. The summed E-state index contributed by atoms with van der Waals surface area (Å²) in [5.41, 5.74) is 0.410. The molecule has 1 unspecified atom stereocenters. The molecule has 0 bridgehead atoms. The van der Waals surface area contributed by atoms with E-state index in [1.54, 1.807) is 25.3 Å². The van der Waals surface area contributed by atoms with Crippen molar-refractivity contribution in [3.63, 3.8) is 0 Å². The van der Waals surface area contributed by atoms with Crippen LogP contribution >= 0.6 is 0 Å². The number of halogens is 2. The predicted octanol–water partition coefficient (Wildman–Crippen LogP) is 3.57. The Morgan fingerprint density at radius 1 is 1.09 bits per heavy atom. The van der Waals surface area contributed by atoms with Crippen LogP contribution in [0.4, 0.5) is 25.8 Å². The molecule has 1 aliphatic heterocycles. The van der Waals surface area contributed by atoms with Gasteiger partial charge < -0.3 is 10.2 Å². The predicted molar refractivity (Wildman–Crippen MR) is 117 cm³/mol. The highest BCUT2D eigenvalue weighted by atomic mass is 19.1. The number of carbonyl (C=O) groups excluding carboxylic acids is 1. The molecule has 32 heavy (non-hydrogen) atoms. The van der Waals surface area contributed by atoms with Crippen molar-refractivity contribution in [3.05, 3.63) is 70.5 Å². The number of hydrogen-bond acceptors (Lipinski definition) is 6. The lowest BCUT2D eigenvalue weighted by molar-refractivity contribution is -0.383. The number of amides is 1. The van der Waals surface area contributed by atoms with Crippen LogP contribution in [-0.2, 0) is 4.79 Å². The molecule has 0 aliphatic carbocycles. The maximum atomic E-state index is 13.8. The normalized spacial score (nSPS) is 15.5. The second kappa shape index (κ2) is 8.83. The molecule has 1 aliphatic rings. The highest BCUT2D eigenvalue weighted by molar-refractivity contribution is 5.99. The topological polar surface area (TPSA) is 91.6 Å². The van der Waals surface area contributed by atoms with Gasteiger partial charge in [-0.3, -0.25) is 24.8 Å². The van der Waals surface area contributed by atoms with Crippen molar-refractivity contribution in [2.75, 3.05) is 36.4 Å². The third-order valence-electron chi connectivity index (χ3n) is 5.76. The summed E-state index contributed by atoms with van der Waals surface area (Å²) in [5.74, 6) is -2.14. The average molecular weight is 441 g/mol. The van der Waals surface area contributed by atoms with E-state index in [4.69, 9.17) is 0 Å². The number of anilines is 2. The van der Waals surface area contributed by atoms with Crippen molar-refractivity contribution in [2.24, 2.45) is 0 Å². The van der Waals surface area contributed by atoms with Crippen molar-refractivity contribution in [2.45, 2.75) is 13.0 Å². The highest BCUT2D eigenvalue weighted by Gasteiger charge is 2.28. The number of piperazine rings is 1. The van der Waals surface area contributed by atoms with E-state index in [1.807, 2.05) is 4.90 Å². The standard InChI is InChI=1S/C22H21F2N5O3/c1-14(22(30)26-21-17(23)3-2-4-18(21)24)27-9-11-28(12-10-27)19-5-6-20(29(31)32)16-13-25-8-7-15(16)19/h2-8,13-14H,9-12H2,1H3,(H,26,30). The van der Waals surface area contributed by atoms with E-state index >= 15 is 0 Å². The van der Waals surface area contributed by atoms with Crippen LogP contribution in [0.3, 0.4) is 0 Å². The molecular weight excluding hydrogens is 420 g/mol. The van der Waals surface area contributed by atoms with E-state index in [0.29, 0.717) is 31.6 Å². The number of nitro benzene ring substituents is 1. The number of hydrogen-bond donors (Lipinski definition) is 1. The van der Waals surface area contributed by atoms with E-state index in [0.717, 1.165) is 23.2 Å². The summed E-state index contributed by atoms with van der Waals surface area (Å²) in [5, 5.41) is 14.9. The largest absolute Gasteiger partial charge is 0.368 e. The lowest BCUT2D eigenvalue weighted by Crippen LogP contribution is -2.53. The smallest absolute Gasteiger partial charge is 0.278 e. The maximum absolute atomic E-state index is 13.8. The lowest BCUT2D eigenvalue weighted by Gasteiger charge is -2.38. The fraction of sp³-hybridized carbons (Fsp3) is 0.273. The Labute approximate surface area is 182 Å². The zero-order valence-corrected chi connectivity index (χ0v) is 17.3. The molecule has 0 spiro atoms. The van der Waals surface area contributed by atoms with Crippen molar-refractivity contribution in [1.29, 1.82) is 0 Å². The van der Waals surface area contributed by atoms with E-state index in [2.05, 4.69) is 15.2 Å². The highest BCUT2D eigenvalue weighted by Crippen LogP contribution is 2.33. The van der Waals surface area contributed by atoms with Gasteiger partial charge in [0.25, 0.3) is 5.69 Å². The van der Waals surface area contributed by atoms with Gasteiger partial charge in [-0.15, -0.1) is 0 Å². The summed E-state index contributed by atoms with van der Waals surface area (Å²) in [6, 6.07) is 7.79. The van der Waals surface area contributed by atoms with Gasteiger partial charge >= 0.3 is 0 Å². The summed E-state index contributed by atoms with van der Waals surface area (Å²) in [4.78, 5) is 31.5. The number of rotatable bonds is 5. The van der Waals surface area contributed by atoms with Gasteiger partial charge in [0.1, 0.15) is 17.3 Å². The van der Waals surface area contributed by atoms with E-state index < -0.39 is 34.2 Å². The summed E-state index contributed by atoms with van der Waals surface area (Å²) in [6.07, 6.45) is 3.08. The number of nitro groups is 1. The number of nitrogens with one attached hydrogen (secondary N) is 1. The molecule has 10 heteroatoms. The molecule has 1 fully saturated rings. The minimum atomic E-state index is -0.824. The third kappa shape index (κ3) is 4.09. The molecule has 3 aromatic rings. The van der Waals surface area contributed by atoms with Crippen LogP contribution in [0, 0.1) is 21.7 Å². The molecule has 0 saturated carbocycles. The molecule has 2 aromatic carbocycles. The lowest BCUT2D eigenvalue weighted by atomic mass is 10.1. The Balaban J connectivity index is 1.46. The molecule has 4 rings (SSSR count). The fourth-order valence-corrected chi connectivity index (χ4v) is 3.96. The van der Waals surface area contributed by atoms with Crippen molar-refractivity contribution < 1.29 is 18.5 Å². The van der Waals surface area contributed by atoms with Crippen LogP contribution < -0.4 is 10.2 Å².